The van der Waals surface area contributed by atoms with Gasteiger partial charge < -0.3 is 19.6 Å². The van der Waals surface area contributed by atoms with E-state index in [0.717, 1.165) is 96.8 Å². The number of halogens is 4. The fraction of sp³-hybridized carbons (Fsp3) is 0.0164. The summed E-state index contributed by atoms with van der Waals surface area (Å²) in [7, 11) is 0. The van der Waals surface area contributed by atoms with E-state index in [1.165, 1.54) is 44.9 Å². The third kappa shape index (κ3) is 18.7. The molecule has 4 heterocycles. The second-order valence-electron chi connectivity index (χ2n) is 33.6. The van der Waals surface area contributed by atoms with Gasteiger partial charge in [0.25, 0.3) is 0 Å². The summed E-state index contributed by atoms with van der Waals surface area (Å²) in [5.74, 6) is -11.6. The van der Waals surface area contributed by atoms with Crippen LogP contribution >= 0.6 is 45.3 Å². The van der Waals surface area contributed by atoms with Crippen molar-refractivity contribution in [3.05, 3.63) is 533 Å². The lowest BCUT2D eigenvalue weighted by Crippen LogP contribution is -2.08. The highest BCUT2D eigenvalue weighted by Crippen LogP contribution is 2.48. The summed E-state index contributed by atoms with van der Waals surface area (Å²) in [6, 6.07) is 134. The first-order chi connectivity index (χ1) is 69.2. The fourth-order valence-corrected chi connectivity index (χ4v) is 21.7. The zero-order valence-electron chi connectivity index (χ0n) is 75.8. The van der Waals surface area contributed by atoms with Crippen LogP contribution in [-0.4, -0.2) is 46.3 Å². The Balaban J connectivity index is 0.000000117. The lowest BCUT2D eigenvalue weighted by atomic mass is 10.0. The number of aryl methyl sites for hydroxylation is 2. The van der Waals surface area contributed by atoms with Gasteiger partial charge in [0, 0.05) is 98.4 Å². The van der Waals surface area contributed by atoms with Gasteiger partial charge in [-0.1, -0.05) is 255 Å². The van der Waals surface area contributed by atoms with Crippen molar-refractivity contribution in [2.75, 3.05) is 19.6 Å². The number of carbonyl (C=O) groups is 8. The molecule has 0 radical (unpaired) electrons. The number of ketones is 8. The minimum Gasteiger partial charge on any atom is -0.302 e. The van der Waals surface area contributed by atoms with Crippen LogP contribution in [0.3, 0.4) is 0 Å². The van der Waals surface area contributed by atoms with Crippen LogP contribution in [0.1, 0.15) is 113 Å². The second-order valence-corrected chi connectivity index (χ2v) is 38.0. The number of carbonyl (C=O) groups excluding carboxylic acids is 8. The standard InChI is InChI=1S/C38H25NO2S.C32H23NO2S.C26H13F4NO2S.C26H17NO2S/c40-37-33-22-18-29(27-12-6-2-7-13-27)24-34(33)38(41)35(37)25-32-21-23-36(42-32)39(30-14-8-3-9-15-30)31-19-16-28(17-20-31)26-10-4-1-5-11-26;1-20-15-21(2)17-25(16-20)33(24-12-11-22-7-3-4-8-23(22)18-24)30-14-13-26(36-30)19-29-31(34)27-9-5-6-10-28(27)32(29)35;27-21-19-20(22(28)24(30)23(21)29)26(33)17(25(19)32)13-16-11-12-18(34-16)31(14-7-3-1-4-8-14)15-9-5-2-6-10-15;28-25-21-13-7-8-14-22(21)26(29)23(25)17-20-15-16-24(30-20)27(18-9-3-1-4-10-18)19-11-5-2-6-12-19/h1-25H;3-19H,1-2H3;1-13H;1-17H/b35-25+;;;. The summed E-state index contributed by atoms with van der Waals surface area (Å²) in [5.41, 5.74) is 15.5. The first-order valence-electron chi connectivity index (χ1n) is 45.3. The van der Waals surface area contributed by atoms with E-state index in [9.17, 15) is 55.9 Å². The van der Waals surface area contributed by atoms with Crippen molar-refractivity contribution in [2.45, 2.75) is 13.8 Å². The van der Waals surface area contributed by atoms with Crippen LogP contribution < -0.4 is 19.6 Å². The summed E-state index contributed by atoms with van der Waals surface area (Å²) in [4.78, 5) is 115. The number of thiophene rings is 4. The van der Waals surface area contributed by atoms with E-state index in [2.05, 4.69) is 162 Å². The van der Waals surface area contributed by atoms with Gasteiger partial charge in [-0.25, -0.2) is 17.6 Å². The van der Waals surface area contributed by atoms with Gasteiger partial charge in [-0.3, -0.25) is 38.4 Å². The van der Waals surface area contributed by atoms with Crippen LogP contribution in [0.5, 0.6) is 0 Å². The number of anilines is 12. The Morgan fingerprint density at radius 3 is 0.810 bits per heavy atom. The van der Waals surface area contributed by atoms with Crippen molar-refractivity contribution in [1.82, 2.24) is 0 Å². The maximum Gasteiger partial charge on any atom is 0.200 e. The van der Waals surface area contributed by atoms with Gasteiger partial charge in [0.15, 0.2) is 58.0 Å². The Bertz CT molecular complexity index is 8120. The monoisotopic (exact) mass is 1930 g/mol. The summed E-state index contributed by atoms with van der Waals surface area (Å²) < 4.78 is 55.6. The molecule has 12 nitrogen and oxygen atoms in total. The van der Waals surface area contributed by atoms with Gasteiger partial charge in [-0.15, -0.1) is 45.3 Å². The van der Waals surface area contributed by atoms with E-state index < -0.39 is 51.5 Å². The molecule has 142 heavy (non-hydrogen) atoms. The molecule has 23 rings (SSSR count). The highest BCUT2D eigenvalue weighted by molar-refractivity contribution is 7.18. The normalized spacial score (nSPS) is 12.9. The SMILES string of the molecule is Cc1cc(C)cc(N(c2ccc3ccccc3c2)c2ccc(C=C3C(=O)c4ccccc4C3=O)s2)c1.O=C1/C(=C\c2ccc(N(c3ccccc3)c3ccc(-c4ccccc4)cc3)s2)C(=O)c2cc(-c3ccccc3)ccc21.O=C1C(=Cc2ccc(N(c3ccccc3)c3ccccc3)s2)C(=O)c2c(F)c(F)c(F)c(F)c21.O=C1C(=Cc2ccc(N(c3ccccc3)c3ccccc3)s2)C(=O)c2ccccc21. The molecule has 686 valence electrons. The van der Waals surface area contributed by atoms with Gasteiger partial charge in [0.05, 0.1) is 33.4 Å². The molecule has 0 amide bonds. The average Bonchev–Trinajstić information content (AvgIpc) is 1.60. The van der Waals surface area contributed by atoms with Crippen molar-refractivity contribution < 1.29 is 55.9 Å². The molecule has 19 aromatic rings. The molecular weight excluding hydrogens is 1850 g/mol. The largest absolute Gasteiger partial charge is 0.302 e. The van der Waals surface area contributed by atoms with Gasteiger partial charge in [0.1, 0.15) is 20.0 Å². The Labute approximate surface area is 830 Å². The highest BCUT2D eigenvalue weighted by atomic mass is 32.1. The molecule has 0 N–H and O–H groups in total. The number of nitrogens with zero attached hydrogens (tertiary/aromatic N) is 4. The van der Waals surface area contributed by atoms with E-state index in [4.69, 9.17) is 0 Å². The van der Waals surface area contributed by atoms with E-state index in [0.29, 0.717) is 38.3 Å². The van der Waals surface area contributed by atoms with Crippen LogP contribution in [0.2, 0.25) is 0 Å². The topological polar surface area (TPSA) is 150 Å². The predicted octanol–water partition coefficient (Wildman–Crippen LogP) is 32.4. The number of allylic oxidation sites excluding steroid dienone is 4. The summed E-state index contributed by atoms with van der Waals surface area (Å²) in [5, 5.41) is 6.11. The van der Waals surface area contributed by atoms with E-state index in [1.807, 2.05) is 217 Å². The molecular formula is C122H78F4N4O8S4. The molecule has 4 aliphatic rings. The molecule has 0 saturated heterocycles. The average molecular weight is 1930 g/mol. The molecule has 0 atom stereocenters. The van der Waals surface area contributed by atoms with Crippen LogP contribution in [-0.2, 0) is 0 Å². The molecule has 0 unspecified atom stereocenters. The van der Waals surface area contributed by atoms with E-state index >= 15 is 0 Å². The van der Waals surface area contributed by atoms with Crippen molar-refractivity contribution >= 4 is 192 Å². The number of para-hydroxylation sites is 5. The summed E-state index contributed by atoms with van der Waals surface area (Å²) in [6.07, 6.45) is 6.37. The molecule has 4 aromatic heterocycles. The Kier molecular flexibility index (Phi) is 26.2. The van der Waals surface area contributed by atoms with Gasteiger partial charge in [-0.2, -0.15) is 0 Å². The van der Waals surface area contributed by atoms with Crippen molar-refractivity contribution in [3.63, 3.8) is 0 Å². The maximum atomic E-state index is 14.2. The summed E-state index contributed by atoms with van der Waals surface area (Å²) in [6.45, 7) is 4.21. The number of rotatable bonds is 18. The van der Waals surface area contributed by atoms with Crippen molar-refractivity contribution in [3.8, 4) is 22.3 Å². The van der Waals surface area contributed by atoms with Gasteiger partial charge in [-0.05, 0) is 240 Å². The van der Waals surface area contributed by atoms with Crippen LogP contribution in [0.15, 0.2) is 435 Å². The van der Waals surface area contributed by atoms with Crippen LogP contribution in [0.25, 0.3) is 57.3 Å². The zero-order chi connectivity index (χ0) is 97.8. The van der Waals surface area contributed by atoms with Crippen molar-refractivity contribution in [1.29, 1.82) is 0 Å². The predicted molar refractivity (Wildman–Crippen MR) is 566 cm³/mol. The Morgan fingerprint density at radius 2 is 0.458 bits per heavy atom. The van der Waals surface area contributed by atoms with Gasteiger partial charge in [0.2, 0.25) is 11.6 Å². The minimum absolute atomic E-state index is 0.200. The quantitative estimate of drug-likeness (QED) is 0.0264. The maximum absolute atomic E-state index is 14.2. The third-order valence-corrected chi connectivity index (χ3v) is 28.4. The van der Waals surface area contributed by atoms with Crippen LogP contribution in [0.4, 0.5) is 83.1 Å². The highest BCUT2D eigenvalue weighted by Gasteiger charge is 2.43. The first-order valence-corrected chi connectivity index (χ1v) is 48.6. The lowest BCUT2D eigenvalue weighted by molar-refractivity contribution is 0.0973. The number of hydrogen-bond acceptors (Lipinski definition) is 16. The van der Waals surface area contributed by atoms with Crippen LogP contribution in [0, 0.1) is 37.1 Å². The zero-order valence-corrected chi connectivity index (χ0v) is 79.0. The van der Waals surface area contributed by atoms with E-state index in [1.54, 1.807) is 119 Å². The molecule has 0 spiro atoms. The number of fused-ring (bicyclic) bond motifs is 5. The Hall–Kier alpha value is -17.4. The minimum atomic E-state index is -2.13. The smallest absolute Gasteiger partial charge is 0.200 e. The first kappa shape index (κ1) is 92.3. The second kappa shape index (κ2) is 40.3. The number of hydrogen-bond donors (Lipinski definition) is 0. The number of Topliss-reactive ketones (excluding diaryl/α,β-unsaturated/α-hetero) is 8. The third-order valence-electron chi connectivity index (χ3n) is 24.4. The summed E-state index contributed by atoms with van der Waals surface area (Å²) >= 11 is 5.88. The molecule has 0 aliphatic heterocycles. The fourth-order valence-electron chi connectivity index (χ4n) is 17.7. The molecule has 0 bridgehead atoms. The lowest BCUT2D eigenvalue weighted by Gasteiger charge is -2.25. The molecule has 15 aromatic carbocycles. The molecule has 4 aliphatic carbocycles. The Morgan fingerprint density at radius 1 is 0.197 bits per heavy atom. The molecule has 20 heteroatoms. The van der Waals surface area contributed by atoms with Gasteiger partial charge >= 0.3 is 0 Å². The number of benzene rings is 15. The molecule has 0 saturated carbocycles. The molecule has 0 fully saturated rings. The van der Waals surface area contributed by atoms with E-state index in [-0.39, 0.29) is 51.4 Å². The van der Waals surface area contributed by atoms with Crippen molar-refractivity contribution in [2.24, 2.45) is 0 Å².